The molecule has 5 heteroatoms. The average molecular weight is 391 g/mol. The number of aryl methyl sites for hydroxylation is 1. The second kappa shape index (κ2) is 8.99. The number of hydrogen-bond donors (Lipinski definition) is 3. The normalized spacial score (nSPS) is 20.0. The van der Waals surface area contributed by atoms with Crippen LogP contribution in [-0.2, 0) is 11.2 Å². The highest BCUT2D eigenvalue weighted by Crippen LogP contribution is 2.51. The second-order valence-corrected chi connectivity index (χ2v) is 8.53. The van der Waals surface area contributed by atoms with Crippen molar-refractivity contribution < 1.29 is 24.9 Å². The number of rotatable bonds is 7. The average Bonchev–Trinajstić information content (AvgIpc) is 2.57. The number of benzene rings is 1. The van der Waals surface area contributed by atoms with E-state index in [1.807, 2.05) is 13.0 Å². The first kappa shape index (κ1) is 22.3. The van der Waals surface area contributed by atoms with Crippen molar-refractivity contribution in [1.29, 1.82) is 0 Å². The van der Waals surface area contributed by atoms with Crippen LogP contribution in [0.5, 0.6) is 17.2 Å². The van der Waals surface area contributed by atoms with E-state index in [2.05, 4.69) is 6.92 Å². The molecule has 0 radical (unpaired) electrons. The lowest BCUT2D eigenvalue weighted by Crippen LogP contribution is -2.36. The van der Waals surface area contributed by atoms with E-state index >= 15 is 0 Å². The zero-order chi connectivity index (χ0) is 21.1. The molecule has 0 spiro atoms. The topological polar surface area (TPSA) is 87.0 Å². The molecule has 156 valence electrons. The predicted octanol–water partition coefficient (Wildman–Crippen LogP) is 4.97. The van der Waals surface area contributed by atoms with Crippen LogP contribution in [0.2, 0.25) is 0 Å². The van der Waals surface area contributed by atoms with Crippen LogP contribution >= 0.6 is 0 Å². The molecule has 1 aromatic rings. The van der Waals surface area contributed by atoms with Gasteiger partial charge in [-0.1, -0.05) is 31.4 Å². The Morgan fingerprint density at radius 2 is 1.96 bits per heavy atom. The lowest BCUT2D eigenvalue weighted by atomic mass is 9.69. The molecule has 0 heterocycles. The molecular weight excluding hydrogens is 356 g/mol. The van der Waals surface area contributed by atoms with Crippen molar-refractivity contribution in [2.75, 3.05) is 0 Å². The molecule has 2 unspecified atom stereocenters. The number of carbonyl (C=O) groups is 1. The lowest BCUT2D eigenvalue weighted by molar-refractivity contribution is -0.132. The van der Waals surface area contributed by atoms with E-state index in [1.165, 1.54) is 6.92 Å². The number of esters is 1. The molecule has 0 saturated heterocycles. The van der Waals surface area contributed by atoms with Crippen LogP contribution < -0.4 is 4.74 Å². The van der Waals surface area contributed by atoms with E-state index in [4.69, 9.17) is 4.74 Å². The molecule has 2 rings (SSSR count). The van der Waals surface area contributed by atoms with Crippen molar-refractivity contribution in [2.45, 2.75) is 84.7 Å². The Bertz CT molecular complexity index is 742. The molecule has 0 fully saturated rings. The maximum absolute atomic E-state index is 11.6. The molecular formula is C23H34O5. The third kappa shape index (κ3) is 5.07. The third-order valence-electron chi connectivity index (χ3n) is 5.63. The highest BCUT2D eigenvalue weighted by atomic mass is 16.5. The summed E-state index contributed by atoms with van der Waals surface area (Å²) in [5.74, 6) is -1.16. The number of allylic oxidation sites excluding steroid dienone is 2. The summed E-state index contributed by atoms with van der Waals surface area (Å²) in [5, 5.41) is 32.5. The summed E-state index contributed by atoms with van der Waals surface area (Å²) in [7, 11) is 0. The number of aliphatic hydroxyl groups is 1. The summed E-state index contributed by atoms with van der Waals surface area (Å²) in [6.07, 6.45) is 7.13. The minimum atomic E-state index is -0.984. The lowest BCUT2D eigenvalue weighted by Gasteiger charge is -2.38. The van der Waals surface area contributed by atoms with Gasteiger partial charge in [-0.15, -0.1) is 0 Å². The van der Waals surface area contributed by atoms with Crippen LogP contribution in [0.25, 0.3) is 0 Å². The largest absolute Gasteiger partial charge is 0.507 e. The molecule has 2 atom stereocenters. The van der Waals surface area contributed by atoms with Gasteiger partial charge in [0, 0.05) is 24.0 Å². The van der Waals surface area contributed by atoms with Gasteiger partial charge in [0.2, 0.25) is 0 Å². The van der Waals surface area contributed by atoms with Crippen LogP contribution in [0.3, 0.4) is 0 Å². The van der Waals surface area contributed by atoms with E-state index in [-0.39, 0.29) is 29.1 Å². The number of carbonyl (C=O) groups excluding carboxylic acids is 1. The van der Waals surface area contributed by atoms with Gasteiger partial charge in [0.25, 0.3) is 0 Å². The Labute approximate surface area is 168 Å². The maximum Gasteiger partial charge on any atom is 0.308 e. The fraction of sp³-hybridized carbons (Fsp3) is 0.609. The van der Waals surface area contributed by atoms with Crippen LogP contribution in [0, 0.1) is 5.92 Å². The molecule has 1 aliphatic rings. The summed E-state index contributed by atoms with van der Waals surface area (Å²) in [6.45, 7) is 8.90. The number of phenols is 2. The highest BCUT2D eigenvalue weighted by molar-refractivity contribution is 5.73. The molecule has 0 saturated carbocycles. The van der Waals surface area contributed by atoms with Crippen LogP contribution in [0.1, 0.15) is 83.8 Å². The van der Waals surface area contributed by atoms with Crippen molar-refractivity contribution in [3.63, 3.8) is 0 Å². The standard InChI is InChI=1S/C23H34O5/c1-6-7-8-9-16-13-19(25)20(21(26)22(16)28-15(3)24)17-12-14(2)10-11-18(17)23(4,5)27/h12-13,17-18,25-27H,6-11H2,1-5H3. The van der Waals surface area contributed by atoms with Crippen molar-refractivity contribution >= 4 is 5.97 Å². The van der Waals surface area contributed by atoms with Gasteiger partial charge in [-0.25, -0.2) is 0 Å². The Morgan fingerprint density at radius 1 is 1.29 bits per heavy atom. The maximum atomic E-state index is 11.6. The summed E-state index contributed by atoms with van der Waals surface area (Å²) in [6, 6.07) is 1.60. The first-order valence-electron chi connectivity index (χ1n) is 10.2. The van der Waals surface area contributed by atoms with Crippen molar-refractivity contribution in [3.05, 3.63) is 28.8 Å². The van der Waals surface area contributed by atoms with Gasteiger partial charge in [0.05, 0.1) is 5.60 Å². The molecule has 0 amide bonds. The summed E-state index contributed by atoms with van der Waals surface area (Å²) in [5.41, 5.74) is 1.10. The zero-order valence-electron chi connectivity index (χ0n) is 17.7. The van der Waals surface area contributed by atoms with Crippen LogP contribution in [0.4, 0.5) is 0 Å². The van der Waals surface area contributed by atoms with E-state index in [0.29, 0.717) is 17.5 Å². The second-order valence-electron chi connectivity index (χ2n) is 8.53. The Hall–Kier alpha value is -2.01. The van der Waals surface area contributed by atoms with Crippen LogP contribution in [-0.4, -0.2) is 26.9 Å². The molecule has 5 nitrogen and oxygen atoms in total. The smallest absolute Gasteiger partial charge is 0.308 e. The summed E-state index contributed by atoms with van der Waals surface area (Å²) < 4.78 is 5.36. The number of hydrogen-bond acceptors (Lipinski definition) is 5. The number of ether oxygens (including phenoxy) is 1. The van der Waals surface area contributed by atoms with Crippen molar-refractivity contribution in [2.24, 2.45) is 5.92 Å². The fourth-order valence-corrected chi connectivity index (χ4v) is 4.19. The quantitative estimate of drug-likeness (QED) is 0.265. The van der Waals surface area contributed by atoms with Gasteiger partial charge in [0.15, 0.2) is 11.5 Å². The van der Waals surface area contributed by atoms with Gasteiger partial charge >= 0.3 is 5.97 Å². The van der Waals surface area contributed by atoms with E-state index in [0.717, 1.165) is 37.7 Å². The van der Waals surface area contributed by atoms with Crippen molar-refractivity contribution in [1.82, 2.24) is 0 Å². The third-order valence-corrected chi connectivity index (χ3v) is 5.63. The van der Waals surface area contributed by atoms with Gasteiger partial charge in [0.1, 0.15) is 5.75 Å². The SMILES string of the molecule is CCCCCc1cc(O)c(C2C=C(C)CCC2C(C)(C)O)c(O)c1OC(C)=O. The Kier molecular flexibility index (Phi) is 7.16. The molecule has 0 bridgehead atoms. The monoisotopic (exact) mass is 390 g/mol. The Balaban J connectivity index is 2.59. The minimum absolute atomic E-state index is 0.0231. The fourth-order valence-electron chi connectivity index (χ4n) is 4.19. The molecule has 1 aliphatic carbocycles. The molecule has 0 aromatic heterocycles. The number of unbranched alkanes of at least 4 members (excludes halogenated alkanes) is 2. The van der Waals surface area contributed by atoms with E-state index < -0.39 is 11.6 Å². The van der Waals surface area contributed by atoms with Crippen molar-refractivity contribution in [3.8, 4) is 17.2 Å². The molecule has 3 N–H and O–H groups in total. The predicted molar refractivity (Wildman–Crippen MR) is 110 cm³/mol. The van der Waals surface area contributed by atoms with Crippen LogP contribution in [0.15, 0.2) is 17.7 Å². The van der Waals surface area contributed by atoms with Gasteiger partial charge in [-0.2, -0.15) is 0 Å². The number of phenolic OH excluding ortho intramolecular Hbond substituents is 2. The molecule has 28 heavy (non-hydrogen) atoms. The summed E-state index contributed by atoms with van der Waals surface area (Å²) in [4.78, 5) is 11.6. The minimum Gasteiger partial charge on any atom is -0.507 e. The van der Waals surface area contributed by atoms with Gasteiger partial charge in [-0.3, -0.25) is 4.79 Å². The summed E-state index contributed by atoms with van der Waals surface area (Å²) >= 11 is 0. The van der Waals surface area contributed by atoms with E-state index in [9.17, 15) is 20.1 Å². The molecule has 1 aromatic carbocycles. The highest BCUT2D eigenvalue weighted by Gasteiger charge is 2.39. The molecule has 0 aliphatic heterocycles. The Morgan fingerprint density at radius 3 is 2.54 bits per heavy atom. The number of aromatic hydroxyl groups is 2. The van der Waals surface area contributed by atoms with E-state index in [1.54, 1.807) is 19.9 Å². The van der Waals surface area contributed by atoms with Gasteiger partial charge in [-0.05, 0) is 58.4 Å². The zero-order valence-corrected chi connectivity index (χ0v) is 17.7. The van der Waals surface area contributed by atoms with Gasteiger partial charge < -0.3 is 20.1 Å². The first-order valence-corrected chi connectivity index (χ1v) is 10.2. The first-order chi connectivity index (χ1) is 13.1.